The molecule has 4 unspecified atom stereocenters. The van der Waals surface area contributed by atoms with E-state index in [4.69, 9.17) is 11.5 Å². The lowest BCUT2D eigenvalue weighted by Gasteiger charge is -2.29. The molecule has 4 atom stereocenters. The van der Waals surface area contributed by atoms with Gasteiger partial charge >= 0.3 is 5.97 Å². The molecule has 3 amide bonds. The van der Waals surface area contributed by atoms with E-state index in [9.17, 15) is 24.3 Å². The average Bonchev–Trinajstić information content (AvgIpc) is 3.21. The van der Waals surface area contributed by atoms with Gasteiger partial charge in [0.15, 0.2) is 0 Å². The molecule has 1 aliphatic rings. The molecule has 0 aromatic rings. The summed E-state index contributed by atoms with van der Waals surface area (Å²) in [5, 5.41) is 15.0. The fourth-order valence-corrected chi connectivity index (χ4v) is 4.11. The van der Waals surface area contributed by atoms with Crippen LogP contribution in [-0.2, 0) is 19.2 Å². The minimum Gasteiger partial charge on any atom is -0.480 e. The molecular formula is C23H43N5O5. The molecule has 1 fully saturated rings. The third-order valence-electron chi connectivity index (χ3n) is 5.78. The second kappa shape index (κ2) is 14.1. The number of carbonyl (C=O) groups excluding carboxylic acids is 3. The number of carbonyl (C=O) groups is 4. The molecule has 33 heavy (non-hydrogen) atoms. The van der Waals surface area contributed by atoms with Crippen molar-refractivity contribution in [2.75, 3.05) is 13.1 Å². The molecule has 1 heterocycles. The van der Waals surface area contributed by atoms with Gasteiger partial charge in [-0.1, -0.05) is 27.7 Å². The van der Waals surface area contributed by atoms with E-state index in [1.54, 1.807) is 0 Å². The fraction of sp³-hybridized carbons (Fsp3) is 0.826. The molecule has 0 aromatic carbocycles. The number of hydrogen-bond donors (Lipinski definition) is 5. The van der Waals surface area contributed by atoms with E-state index in [0.717, 1.165) is 0 Å². The van der Waals surface area contributed by atoms with E-state index in [0.29, 0.717) is 58.0 Å². The van der Waals surface area contributed by atoms with E-state index in [1.165, 1.54) is 4.90 Å². The quantitative estimate of drug-likeness (QED) is 0.232. The van der Waals surface area contributed by atoms with Gasteiger partial charge in [-0.3, -0.25) is 14.4 Å². The lowest BCUT2D eigenvalue weighted by molar-refractivity contribution is -0.149. The first-order valence-electron chi connectivity index (χ1n) is 12.1. The van der Waals surface area contributed by atoms with Crippen molar-refractivity contribution in [1.82, 2.24) is 15.5 Å². The predicted molar refractivity (Wildman–Crippen MR) is 126 cm³/mol. The Labute approximate surface area is 197 Å². The predicted octanol–water partition coefficient (Wildman–Crippen LogP) is 0.580. The van der Waals surface area contributed by atoms with Crippen LogP contribution < -0.4 is 22.1 Å². The van der Waals surface area contributed by atoms with Crippen LogP contribution in [0.2, 0.25) is 0 Å². The summed E-state index contributed by atoms with van der Waals surface area (Å²) in [5.74, 6) is -1.97. The van der Waals surface area contributed by atoms with Crippen LogP contribution in [-0.4, -0.2) is 71.0 Å². The van der Waals surface area contributed by atoms with E-state index in [-0.39, 0.29) is 11.8 Å². The molecule has 7 N–H and O–H groups in total. The number of nitrogens with one attached hydrogen (secondary N) is 2. The summed E-state index contributed by atoms with van der Waals surface area (Å²) in [4.78, 5) is 51.8. The second-order valence-electron chi connectivity index (χ2n) is 9.80. The molecule has 0 radical (unpaired) electrons. The minimum atomic E-state index is -1.04. The normalized spacial score (nSPS) is 18.8. The van der Waals surface area contributed by atoms with Gasteiger partial charge in [-0.15, -0.1) is 0 Å². The maximum absolute atomic E-state index is 13.2. The first-order valence-corrected chi connectivity index (χ1v) is 12.1. The summed E-state index contributed by atoms with van der Waals surface area (Å²) in [6.07, 6.45) is 3.51. The molecule has 1 saturated heterocycles. The molecule has 0 spiro atoms. The Balaban J connectivity index is 2.98. The van der Waals surface area contributed by atoms with Crippen molar-refractivity contribution in [3.63, 3.8) is 0 Å². The summed E-state index contributed by atoms with van der Waals surface area (Å²) >= 11 is 0. The molecule has 0 aliphatic carbocycles. The van der Waals surface area contributed by atoms with Crippen LogP contribution in [0, 0.1) is 11.8 Å². The highest BCUT2D eigenvalue weighted by atomic mass is 16.4. The van der Waals surface area contributed by atoms with Crippen molar-refractivity contribution < 1.29 is 24.3 Å². The van der Waals surface area contributed by atoms with Crippen molar-refractivity contribution in [3.8, 4) is 0 Å². The number of amides is 3. The monoisotopic (exact) mass is 469 g/mol. The number of nitrogens with two attached hydrogens (primary N) is 2. The van der Waals surface area contributed by atoms with E-state index < -0.39 is 47.9 Å². The van der Waals surface area contributed by atoms with Gasteiger partial charge in [0.05, 0.1) is 6.04 Å². The number of nitrogens with zero attached hydrogens (tertiary/aromatic N) is 1. The molecule has 0 saturated carbocycles. The largest absolute Gasteiger partial charge is 0.480 e. The highest BCUT2D eigenvalue weighted by molar-refractivity contribution is 5.94. The topological polar surface area (TPSA) is 168 Å². The smallest absolute Gasteiger partial charge is 0.326 e. The minimum absolute atomic E-state index is 0.115. The van der Waals surface area contributed by atoms with Crippen molar-refractivity contribution in [2.24, 2.45) is 23.3 Å². The zero-order valence-electron chi connectivity index (χ0n) is 20.5. The van der Waals surface area contributed by atoms with E-state index in [1.807, 2.05) is 27.7 Å². The maximum atomic E-state index is 13.2. The first kappa shape index (κ1) is 28.8. The zero-order valence-corrected chi connectivity index (χ0v) is 20.5. The summed E-state index contributed by atoms with van der Waals surface area (Å²) < 4.78 is 0. The van der Waals surface area contributed by atoms with Crippen LogP contribution in [0.25, 0.3) is 0 Å². The number of aliphatic carboxylic acids is 1. The standard InChI is InChI=1S/C23H43N5O5/c1-14(2)12-16(25)20(29)27-18(13-15(3)4)21(30)26-17(8-5-6-10-24)22(31)28-11-7-9-19(28)23(32)33/h14-19H,5-13,24-25H2,1-4H3,(H,26,30)(H,27,29)(H,32,33). The molecule has 190 valence electrons. The van der Waals surface area contributed by atoms with Gasteiger partial charge < -0.3 is 32.1 Å². The third-order valence-corrected chi connectivity index (χ3v) is 5.78. The Morgan fingerprint density at radius 3 is 2.12 bits per heavy atom. The number of carboxylic acid groups (broad SMARTS) is 1. The lowest BCUT2D eigenvalue weighted by Crippen LogP contribution is -2.57. The molecule has 10 heteroatoms. The van der Waals surface area contributed by atoms with Gasteiger partial charge in [0.25, 0.3) is 0 Å². The van der Waals surface area contributed by atoms with Crippen LogP contribution in [0.15, 0.2) is 0 Å². The summed E-state index contributed by atoms with van der Waals surface area (Å²) in [6, 6.07) is -3.32. The fourth-order valence-electron chi connectivity index (χ4n) is 4.11. The van der Waals surface area contributed by atoms with Crippen molar-refractivity contribution in [1.29, 1.82) is 0 Å². The van der Waals surface area contributed by atoms with Crippen LogP contribution >= 0.6 is 0 Å². The Kier molecular flexibility index (Phi) is 12.4. The first-order chi connectivity index (χ1) is 15.5. The van der Waals surface area contributed by atoms with Gasteiger partial charge in [-0.05, 0) is 63.3 Å². The molecule has 1 rings (SSSR count). The van der Waals surface area contributed by atoms with Crippen molar-refractivity contribution >= 4 is 23.7 Å². The molecule has 1 aliphatic heterocycles. The number of hydrogen-bond acceptors (Lipinski definition) is 6. The number of likely N-dealkylation sites (tertiary alicyclic amines) is 1. The highest BCUT2D eigenvalue weighted by Crippen LogP contribution is 2.20. The lowest BCUT2D eigenvalue weighted by atomic mass is 9.99. The zero-order chi connectivity index (χ0) is 25.1. The van der Waals surface area contributed by atoms with Crippen molar-refractivity contribution in [3.05, 3.63) is 0 Å². The Bertz CT molecular complexity index is 670. The number of unbranched alkanes of at least 4 members (excludes halogenated alkanes) is 1. The third kappa shape index (κ3) is 9.67. The average molecular weight is 470 g/mol. The van der Waals surface area contributed by atoms with Gasteiger partial charge in [-0.25, -0.2) is 4.79 Å². The molecule has 0 bridgehead atoms. The SMILES string of the molecule is CC(C)CC(N)C(=O)NC(CC(C)C)C(=O)NC(CCCCN)C(=O)N1CCCC1C(=O)O. The van der Waals surface area contributed by atoms with E-state index >= 15 is 0 Å². The Morgan fingerprint density at radius 2 is 1.58 bits per heavy atom. The summed E-state index contributed by atoms with van der Waals surface area (Å²) in [6.45, 7) is 8.60. The summed E-state index contributed by atoms with van der Waals surface area (Å²) in [7, 11) is 0. The number of carboxylic acids is 1. The van der Waals surface area contributed by atoms with Crippen LogP contribution in [0.4, 0.5) is 0 Å². The van der Waals surface area contributed by atoms with Crippen LogP contribution in [0.5, 0.6) is 0 Å². The highest BCUT2D eigenvalue weighted by Gasteiger charge is 2.38. The molecule has 0 aromatic heterocycles. The van der Waals surface area contributed by atoms with Gasteiger partial charge in [0.2, 0.25) is 17.7 Å². The molecule has 10 nitrogen and oxygen atoms in total. The van der Waals surface area contributed by atoms with E-state index in [2.05, 4.69) is 10.6 Å². The number of rotatable bonds is 14. The van der Waals surface area contributed by atoms with Gasteiger partial charge in [-0.2, -0.15) is 0 Å². The Hall–Kier alpha value is -2.20. The van der Waals surface area contributed by atoms with Crippen LogP contribution in [0.1, 0.15) is 72.6 Å². The maximum Gasteiger partial charge on any atom is 0.326 e. The second-order valence-corrected chi connectivity index (χ2v) is 9.80. The molecular weight excluding hydrogens is 426 g/mol. The van der Waals surface area contributed by atoms with Gasteiger partial charge in [0.1, 0.15) is 18.1 Å². The summed E-state index contributed by atoms with van der Waals surface area (Å²) in [5.41, 5.74) is 11.6. The Morgan fingerprint density at radius 1 is 0.970 bits per heavy atom. The van der Waals surface area contributed by atoms with Gasteiger partial charge in [0, 0.05) is 6.54 Å². The van der Waals surface area contributed by atoms with Crippen molar-refractivity contribution in [2.45, 2.75) is 96.8 Å². The van der Waals surface area contributed by atoms with Crippen LogP contribution in [0.3, 0.4) is 0 Å².